The topological polar surface area (TPSA) is 241 Å². The SMILES string of the molecule is Cl.O=S(=O)([O-])[O-].O=S(=O)([O-])[O-].O=S(=O)([O-])[O-].[Al+3].[Al+3]. The van der Waals surface area contributed by atoms with Gasteiger partial charge in [-0.3, -0.25) is 25.3 Å². The molecule has 0 amide bonds. The van der Waals surface area contributed by atoms with E-state index in [1.807, 2.05) is 0 Å². The summed E-state index contributed by atoms with van der Waals surface area (Å²) in [5.74, 6) is 0. The minimum Gasteiger partial charge on any atom is -0.759 e. The summed E-state index contributed by atoms with van der Waals surface area (Å²) >= 11 is 0. The van der Waals surface area contributed by atoms with Crippen LogP contribution in [0.25, 0.3) is 0 Å². The smallest absolute Gasteiger partial charge is 0.759 e. The number of halogens is 1. The van der Waals surface area contributed by atoms with E-state index in [2.05, 4.69) is 0 Å². The largest absolute Gasteiger partial charge is 3.00 e. The molecule has 0 spiro atoms. The van der Waals surface area contributed by atoms with E-state index in [0.717, 1.165) is 0 Å². The summed E-state index contributed by atoms with van der Waals surface area (Å²) in [6.07, 6.45) is 0. The van der Waals surface area contributed by atoms with Crippen molar-refractivity contribution in [1.82, 2.24) is 0 Å². The average Bonchev–Trinajstić information content (AvgIpc) is 1.41. The Kier molecular flexibility index (Phi) is 29.1. The Morgan fingerprint density at radius 2 is 0.444 bits per heavy atom. The van der Waals surface area contributed by atoms with Crippen molar-refractivity contribution in [3.05, 3.63) is 0 Å². The molecular weight excluding hydrogens is 378 g/mol. The summed E-state index contributed by atoms with van der Waals surface area (Å²) in [5.41, 5.74) is 0. The van der Waals surface area contributed by atoms with E-state index in [1.54, 1.807) is 0 Å². The van der Waals surface area contributed by atoms with Crippen LogP contribution < -0.4 is 0 Å². The molecule has 0 saturated carbocycles. The molecule has 0 aliphatic heterocycles. The van der Waals surface area contributed by atoms with Crippen LogP contribution in [0.15, 0.2) is 0 Å². The van der Waals surface area contributed by atoms with Gasteiger partial charge in [0.1, 0.15) is 0 Å². The molecule has 0 unspecified atom stereocenters. The molecule has 0 aromatic carbocycles. The number of hydrogen-bond donors (Lipinski definition) is 0. The zero-order valence-corrected chi connectivity index (χ0v) is 13.3. The fraction of sp³-hybridized carbons (Fsp3) is 0. The zero-order chi connectivity index (χ0) is 13.5. The summed E-state index contributed by atoms with van der Waals surface area (Å²) in [7, 11) is -15.5. The maximum atomic E-state index is 8.52. The zero-order valence-electron chi connectivity index (χ0n) is 7.69. The molecule has 12 nitrogen and oxygen atoms in total. The van der Waals surface area contributed by atoms with Gasteiger partial charge in [-0.2, -0.15) is 0 Å². The molecule has 104 valence electrons. The van der Waals surface area contributed by atoms with Crippen LogP contribution in [0.1, 0.15) is 0 Å². The van der Waals surface area contributed by atoms with Gasteiger partial charge in [-0.05, 0) is 0 Å². The van der Waals surface area contributed by atoms with Crippen molar-refractivity contribution >= 4 is 78.3 Å². The second-order valence-electron chi connectivity index (χ2n) is 1.22. The molecule has 0 aromatic heterocycles. The van der Waals surface area contributed by atoms with E-state index in [4.69, 9.17) is 52.6 Å². The van der Waals surface area contributed by atoms with Crippen LogP contribution in [-0.4, -0.2) is 87.3 Å². The molecule has 18 heavy (non-hydrogen) atoms. The first-order valence-corrected chi connectivity index (χ1v) is 6.00. The molecule has 0 aliphatic rings. The van der Waals surface area contributed by atoms with Gasteiger partial charge >= 0.3 is 34.7 Å². The molecule has 0 heterocycles. The fourth-order valence-corrected chi connectivity index (χ4v) is 0. The van der Waals surface area contributed by atoms with Crippen LogP contribution in [0.2, 0.25) is 0 Å². The first kappa shape index (κ1) is 36.4. The monoisotopic (exact) mass is 378 g/mol. The summed E-state index contributed by atoms with van der Waals surface area (Å²) in [6.45, 7) is 0. The van der Waals surface area contributed by atoms with Gasteiger partial charge in [0.25, 0.3) is 0 Å². The van der Waals surface area contributed by atoms with Crippen molar-refractivity contribution in [1.29, 1.82) is 0 Å². The van der Waals surface area contributed by atoms with Gasteiger partial charge in [-0.15, -0.1) is 12.4 Å². The molecule has 0 aliphatic carbocycles. The Morgan fingerprint density at radius 3 is 0.444 bits per heavy atom. The minimum absolute atomic E-state index is 0. The summed E-state index contributed by atoms with van der Waals surface area (Å²) < 4.78 is 102. The summed E-state index contributed by atoms with van der Waals surface area (Å²) in [6, 6.07) is 0. The third-order valence-corrected chi connectivity index (χ3v) is 0. The van der Waals surface area contributed by atoms with Crippen molar-refractivity contribution in [2.24, 2.45) is 0 Å². The van der Waals surface area contributed by atoms with Gasteiger partial charge in [0, 0.05) is 31.2 Å². The Hall–Kier alpha value is 0.965. The maximum absolute atomic E-state index is 8.52. The Morgan fingerprint density at radius 1 is 0.444 bits per heavy atom. The summed E-state index contributed by atoms with van der Waals surface area (Å²) in [5, 5.41) is 0. The standard InChI is InChI=1S/2Al.ClH.3H2O4S/c;;;3*1-5(2,3)4/h;;1H;3*(H2,1,2,3,4)/q2*+3;;;;/p-6. The molecule has 0 bridgehead atoms. The maximum Gasteiger partial charge on any atom is 3.00 e. The van der Waals surface area contributed by atoms with Crippen molar-refractivity contribution < 1.29 is 52.6 Å². The van der Waals surface area contributed by atoms with Crippen LogP contribution in [-0.2, 0) is 31.2 Å². The first-order valence-electron chi connectivity index (χ1n) is 2.00. The Labute approximate surface area is 130 Å². The van der Waals surface area contributed by atoms with Gasteiger partial charge in [0.05, 0.1) is 0 Å². The quantitative estimate of drug-likeness (QED) is 0.220. The van der Waals surface area contributed by atoms with Crippen LogP contribution >= 0.6 is 12.4 Å². The Bertz CT molecular complexity index is 346. The molecule has 0 fully saturated rings. The van der Waals surface area contributed by atoms with Crippen LogP contribution in [0, 0.1) is 0 Å². The van der Waals surface area contributed by atoms with E-state index in [9.17, 15) is 0 Å². The molecular formula is HAl2ClO12S3. The Balaban J connectivity index is -0.0000000277. The average molecular weight is 379 g/mol. The van der Waals surface area contributed by atoms with E-state index in [-0.39, 0.29) is 47.1 Å². The summed E-state index contributed by atoms with van der Waals surface area (Å²) in [4.78, 5) is 0. The number of hydrogen-bond acceptors (Lipinski definition) is 12. The van der Waals surface area contributed by atoms with Crippen LogP contribution in [0.4, 0.5) is 0 Å². The molecule has 0 atom stereocenters. The molecule has 0 N–H and O–H groups in total. The predicted molar refractivity (Wildman–Crippen MR) is 50.2 cm³/mol. The van der Waals surface area contributed by atoms with E-state index in [0.29, 0.717) is 0 Å². The third-order valence-electron chi connectivity index (χ3n) is 0. The van der Waals surface area contributed by atoms with Crippen molar-refractivity contribution in [3.8, 4) is 0 Å². The van der Waals surface area contributed by atoms with E-state index < -0.39 is 31.2 Å². The van der Waals surface area contributed by atoms with Crippen LogP contribution in [0.3, 0.4) is 0 Å². The van der Waals surface area contributed by atoms with Crippen molar-refractivity contribution in [2.45, 2.75) is 0 Å². The molecule has 0 aromatic rings. The van der Waals surface area contributed by atoms with Gasteiger partial charge < -0.3 is 27.3 Å². The van der Waals surface area contributed by atoms with Gasteiger partial charge in [-0.1, -0.05) is 0 Å². The molecule has 0 rings (SSSR count). The van der Waals surface area contributed by atoms with Gasteiger partial charge in [-0.25, -0.2) is 0 Å². The first-order chi connectivity index (χ1) is 6.00. The van der Waals surface area contributed by atoms with Crippen LogP contribution in [0.5, 0.6) is 0 Å². The molecule has 0 radical (unpaired) electrons. The second-order valence-corrected chi connectivity index (χ2v) is 3.67. The third kappa shape index (κ3) is 4640. The van der Waals surface area contributed by atoms with Gasteiger partial charge in [0.2, 0.25) is 0 Å². The number of rotatable bonds is 0. The minimum atomic E-state index is -5.17. The fourth-order valence-electron chi connectivity index (χ4n) is 0. The van der Waals surface area contributed by atoms with E-state index >= 15 is 0 Å². The molecule has 18 heteroatoms. The van der Waals surface area contributed by atoms with Crippen molar-refractivity contribution in [2.75, 3.05) is 0 Å². The normalized spacial score (nSPS) is 9.67. The second kappa shape index (κ2) is 14.4. The molecule has 0 saturated heterocycles. The van der Waals surface area contributed by atoms with Gasteiger partial charge in [0.15, 0.2) is 0 Å². The van der Waals surface area contributed by atoms with E-state index in [1.165, 1.54) is 0 Å². The van der Waals surface area contributed by atoms with Crippen molar-refractivity contribution in [3.63, 3.8) is 0 Å². The predicted octanol–water partition coefficient (Wildman–Crippen LogP) is -4.35.